The molecule has 0 aromatic heterocycles. The van der Waals surface area contributed by atoms with Crippen molar-refractivity contribution in [2.24, 2.45) is 0 Å². The molecule has 1 aliphatic heterocycles. The summed E-state index contributed by atoms with van der Waals surface area (Å²) in [6.45, 7) is 7.38. The van der Waals surface area contributed by atoms with E-state index in [2.05, 4.69) is 10.2 Å². The van der Waals surface area contributed by atoms with Crippen LogP contribution in [0.1, 0.15) is 15.9 Å². The first-order chi connectivity index (χ1) is 8.75. The van der Waals surface area contributed by atoms with Crippen molar-refractivity contribution >= 4 is 5.97 Å². The third-order valence-electron chi connectivity index (χ3n) is 3.14. The highest BCUT2D eigenvalue weighted by atomic mass is 16.5. The maximum atomic E-state index is 11.7. The lowest BCUT2D eigenvalue weighted by Crippen LogP contribution is -2.44. The average Bonchev–Trinajstić information content (AvgIpc) is 2.40. The number of piperazine rings is 1. The fraction of sp³-hybridized carbons (Fsp3) is 0.500. The van der Waals surface area contributed by atoms with Crippen molar-refractivity contribution in [3.63, 3.8) is 0 Å². The molecule has 2 rings (SSSR count). The Morgan fingerprint density at radius 3 is 2.61 bits per heavy atom. The molecule has 0 atom stereocenters. The van der Waals surface area contributed by atoms with Gasteiger partial charge in [-0.15, -0.1) is 0 Å². The summed E-state index contributed by atoms with van der Waals surface area (Å²) in [6, 6.07) is 7.46. The molecule has 0 saturated carbocycles. The molecular formula is C14H20N2O2. The summed E-state index contributed by atoms with van der Waals surface area (Å²) < 4.78 is 5.27. The van der Waals surface area contributed by atoms with E-state index in [0.29, 0.717) is 12.2 Å². The maximum Gasteiger partial charge on any atom is 0.338 e. The van der Waals surface area contributed by atoms with Crippen molar-refractivity contribution in [3.8, 4) is 0 Å². The Morgan fingerprint density at radius 2 is 1.94 bits per heavy atom. The summed E-state index contributed by atoms with van der Waals surface area (Å²) in [7, 11) is 0. The molecule has 0 bridgehead atoms. The van der Waals surface area contributed by atoms with Gasteiger partial charge in [0.2, 0.25) is 0 Å². The second-order valence-electron chi connectivity index (χ2n) is 4.59. The second kappa shape index (κ2) is 6.52. The highest BCUT2D eigenvalue weighted by molar-refractivity contribution is 5.89. The van der Waals surface area contributed by atoms with Crippen molar-refractivity contribution in [1.29, 1.82) is 0 Å². The van der Waals surface area contributed by atoms with E-state index in [1.165, 1.54) is 0 Å². The molecule has 4 nitrogen and oxygen atoms in total. The zero-order chi connectivity index (χ0) is 12.8. The number of ether oxygens (including phenoxy) is 1. The van der Waals surface area contributed by atoms with E-state index >= 15 is 0 Å². The van der Waals surface area contributed by atoms with Crippen LogP contribution in [0.2, 0.25) is 0 Å². The topological polar surface area (TPSA) is 41.6 Å². The van der Waals surface area contributed by atoms with Crippen LogP contribution < -0.4 is 5.32 Å². The van der Waals surface area contributed by atoms with Gasteiger partial charge in [0.05, 0.1) is 5.56 Å². The van der Waals surface area contributed by atoms with Crippen LogP contribution in [0, 0.1) is 6.92 Å². The van der Waals surface area contributed by atoms with Gasteiger partial charge >= 0.3 is 5.97 Å². The minimum atomic E-state index is -0.231. The summed E-state index contributed by atoms with van der Waals surface area (Å²) in [5, 5.41) is 3.30. The number of benzene rings is 1. The summed E-state index contributed by atoms with van der Waals surface area (Å²) in [5.74, 6) is -0.231. The van der Waals surface area contributed by atoms with Crippen molar-refractivity contribution in [1.82, 2.24) is 10.2 Å². The smallest absolute Gasteiger partial charge is 0.338 e. The third kappa shape index (κ3) is 3.82. The molecule has 1 heterocycles. The number of hydrogen-bond acceptors (Lipinski definition) is 4. The third-order valence-corrected chi connectivity index (χ3v) is 3.14. The van der Waals surface area contributed by atoms with Crippen LogP contribution in [-0.2, 0) is 4.74 Å². The van der Waals surface area contributed by atoms with Gasteiger partial charge in [0.25, 0.3) is 0 Å². The van der Waals surface area contributed by atoms with E-state index in [9.17, 15) is 4.79 Å². The minimum absolute atomic E-state index is 0.231. The first-order valence-electron chi connectivity index (χ1n) is 6.42. The van der Waals surface area contributed by atoms with Gasteiger partial charge in [0.1, 0.15) is 6.61 Å². The molecule has 1 aliphatic rings. The highest BCUT2D eigenvalue weighted by Gasteiger charge is 2.11. The lowest BCUT2D eigenvalue weighted by atomic mass is 10.1. The summed E-state index contributed by atoms with van der Waals surface area (Å²) in [6.07, 6.45) is 0. The van der Waals surface area contributed by atoms with Crippen LogP contribution in [0.4, 0.5) is 0 Å². The fourth-order valence-corrected chi connectivity index (χ4v) is 1.98. The number of carbonyl (C=O) groups excluding carboxylic acids is 1. The standard InChI is InChI=1S/C14H20N2O2/c1-12-2-4-13(5-3-12)14(17)18-11-10-16-8-6-15-7-9-16/h2-5,15H,6-11H2,1H3. The quantitative estimate of drug-likeness (QED) is 0.809. The fourth-order valence-electron chi connectivity index (χ4n) is 1.98. The molecule has 1 fully saturated rings. The van der Waals surface area contributed by atoms with Gasteiger partial charge in [-0.3, -0.25) is 4.90 Å². The first kappa shape index (κ1) is 13.1. The van der Waals surface area contributed by atoms with Gasteiger partial charge < -0.3 is 10.1 Å². The van der Waals surface area contributed by atoms with Gasteiger partial charge in [-0.2, -0.15) is 0 Å². The van der Waals surface area contributed by atoms with E-state index in [1.807, 2.05) is 31.2 Å². The highest BCUT2D eigenvalue weighted by Crippen LogP contribution is 2.05. The molecule has 98 valence electrons. The molecule has 4 heteroatoms. The predicted molar refractivity (Wildman–Crippen MR) is 70.8 cm³/mol. The SMILES string of the molecule is Cc1ccc(C(=O)OCCN2CCNCC2)cc1. The van der Waals surface area contributed by atoms with Crippen molar-refractivity contribution in [3.05, 3.63) is 35.4 Å². The van der Waals surface area contributed by atoms with Crippen LogP contribution in [0.25, 0.3) is 0 Å². The summed E-state index contributed by atoms with van der Waals surface area (Å²) in [5.41, 5.74) is 1.77. The van der Waals surface area contributed by atoms with Gasteiger partial charge in [-0.25, -0.2) is 4.79 Å². The van der Waals surface area contributed by atoms with E-state index in [-0.39, 0.29) is 5.97 Å². The van der Waals surface area contributed by atoms with E-state index in [4.69, 9.17) is 4.74 Å². The Bertz CT molecular complexity index is 383. The molecule has 18 heavy (non-hydrogen) atoms. The van der Waals surface area contributed by atoms with Gasteiger partial charge in [0.15, 0.2) is 0 Å². The lowest BCUT2D eigenvalue weighted by Gasteiger charge is -2.26. The van der Waals surface area contributed by atoms with Crippen LogP contribution in [0.15, 0.2) is 24.3 Å². The zero-order valence-electron chi connectivity index (χ0n) is 10.8. The normalized spacial score (nSPS) is 16.5. The number of nitrogens with one attached hydrogen (secondary N) is 1. The molecule has 0 radical (unpaired) electrons. The molecule has 0 unspecified atom stereocenters. The van der Waals surface area contributed by atoms with Gasteiger partial charge in [-0.05, 0) is 19.1 Å². The number of hydrogen-bond donors (Lipinski definition) is 1. The Hall–Kier alpha value is -1.39. The van der Waals surface area contributed by atoms with Crippen molar-refractivity contribution in [2.45, 2.75) is 6.92 Å². The Morgan fingerprint density at radius 1 is 1.28 bits per heavy atom. The van der Waals surface area contributed by atoms with Gasteiger partial charge in [-0.1, -0.05) is 17.7 Å². The molecule has 1 N–H and O–H groups in total. The molecule has 0 amide bonds. The van der Waals surface area contributed by atoms with E-state index < -0.39 is 0 Å². The summed E-state index contributed by atoms with van der Waals surface area (Å²) in [4.78, 5) is 14.0. The molecule has 0 aliphatic carbocycles. The van der Waals surface area contributed by atoms with Crippen LogP contribution in [0.3, 0.4) is 0 Å². The zero-order valence-corrected chi connectivity index (χ0v) is 10.8. The number of aryl methyl sites for hydroxylation is 1. The maximum absolute atomic E-state index is 11.7. The largest absolute Gasteiger partial charge is 0.461 e. The number of nitrogens with zero attached hydrogens (tertiary/aromatic N) is 1. The van der Waals surface area contributed by atoms with Crippen LogP contribution >= 0.6 is 0 Å². The number of esters is 1. The van der Waals surface area contributed by atoms with Crippen LogP contribution in [0.5, 0.6) is 0 Å². The van der Waals surface area contributed by atoms with Gasteiger partial charge in [0, 0.05) is 32.7 Å². The Balaban J connectivity index is 1.72. The molecule has 1 saturated heterocycles. The number of carbonyl (C=O) groups is 1. The van der Waals surface area contributed by atoms with Crippen molar-refractivity contribution in [2.75, 3.05) is 39.3 Å². The predicted octanol–water partition coefficient (Wildman–Crippen LogP) is 1.06. The van der Waals surface area contributed by atoms with E-state index in [1.54, 1.807) is 0 Å². The first-order valence-corrected chi connectivity index (χ1v) is 6.42. The average molecular weight is 248 g/mol. The van der Waals surface area contributed by atoms with E-state index in [0.717, 1.165) is 38.3 Å². The Labute approximate surface area is 108 Å². The lowest BCUT2D eigenvalue weighted by molar-refractivity contribution is 0.0456. The Kier molecular flexibility index (Phi) is 4.73. The summed E-state index contributed by atoms with van der Waals surface area (Å²) >= 11 is 0. The monoisotopic (exact) mass is 248 g/mol. The molecule has 1 aromatic rings. The number of rotatable bonds is 4. The van der Waals surface area contributed by atoms with Crippen molar-refractivity contribution < 1.29 is 9.53 Å². The molecule has 0 spiro atoms. The molecule has 1 aromatic carbocycles. The minimum Gasteiger partial charge on any atom is -0.461 e. The molecular weight excluding hydrogens is 228 g/mol. The second-order valence-corrected chi connectivity index (χ2v) is 4.59. The van der Waals surface area contributed by atoms with Crippen LogP contribution in [-0.4, -0.2) is 50.2 Å².